The monoisotopic (exact) mass is 399 g/mol. The molecule has 0 aromatic rings. The molecule has 0 unspecified atom stereocenters. The van der Waals surface area contributed by atoms with Crippen molar-refractivity contribution in [1.29, 1.82) is 0 Å². The van der Waals surface area contributed by atoms with Crippen LogP contribution in [0.15, 0.2) is 0 Å². The molecule has 0 saturated carbocycles. The van der Waals surface area contributed by atoms with E-state index in [0.29, 0.717) is 13.0 Å². The van der Waals surface area contributed by atoms with E-state index in [1.165, 1.54) is 0 Å². The molecule has 164 valence electrons. The van der Waals surface area contributed by atoms with Crippen molar-refractivity contribution in [2.75, 3.05) is 13.2 Å². The highest BCUT2D eigenvalue weighted by atomic mass is 16.5. The number of rotatable bonds is 16. The molecule has 3 atom stereocenters. The minimum atomic E-state index is -0.816. The van der Waals surface area contributed by atoms with Gasteiger partial charge in [0.05, 0.1) is 18.4 Å². The molecule has 0 heterocycles. The van der Waals surface area contributed by atoms with Gasteiger partial charge in [0.1, 0.15) is 0 Å². The van der Waals surface area contributed by atoms with E-state index in [4.69, 9.17) is 9.47 Å². The first-order chi connectivity index (χ1) is 13.4. The molecule has 0 spiro atoms. The summed E-state index contributed by atoms with van der Waals surface area (Å²) in [4.78, 5) is 36.2. The van der Waals surface area contributed by atoms with E-state index in [9.17, 15) is 14.4 Å². The van der Waals surface area contributed by atoms with E-state index in [0.717, 1.165) is 51.4 Å². The fourth-order valence-corrected chi connectivity index (χ4v) is 2.92. The van der Waals surface area contributed by atoms with Gasteiger partial charge >= 0.3 is 11.9 Å². The molecule has 0 aromatic carbocycles. The molecule has 6 heteroatoms. The predicted octanol–water partition coefficient (Wildman–Crippen LogP) is 4.40. The van der Waals surface area contributed by atoms with Crippen LogP contribution in [0.5, 0.6) is 0 Å². The molecule has 1 amide bonds. The van der Waals surface area contributed by atoms with Crippen molar-refractivity contribution in [3.05, 3.63) is 0 Å². The van der Waals surface area contributed by atoms with Crippen LogP contribution < -0.4 is 5.32 Å². The zero-order valence-electron chi connectivity index (χ0n) is 18.6. The van der Waals surface area contributed by atoms with Crippen LogP contribution in [0, 0.1) is 11.8 Å². The molecule has 0 aliphatic rings. The normalized spacial score (nSPS) is 14.0. The third kappa shape index (κ3) is 11.3. The molecule has 0 aliphatic carbocycles. The lowest BCUT2D eigenvalue weighted by Gasteiger charge is -2.18. The van der Waals surface area contributed by atoms with Gasteiger partial charge in [-0.2, -0.15) is 0 Å². The van der Waals surface area contributed by atoms with Gasteiger partial charge in [0, 0.05) is 6.54 Å². The maximum Gasteiger partial charge on any atom is 0.309 e. The maximum atomic E-state index is 12.2. The van der Waals surface area contributed by atoms with Crippen LogP contribution in [-0.4, -0.2) is 37.1 Å². The van der Waals surface area contributed by atoms with Crippen LogP contribution in [0.3, 0.4) is 0 Å². The van der Waals surface area contributed by atoms with Gasteiger partial charge in [-0.05, 0) is 39.0 Å². The van der Waals surface area contributed by atoms with Gasteiger partial charge in [0.15, 0.2) is 6.10 Å². The van der Waals surface area contributed by atoms with Crippen molar-refractivity contribution in [1.82, 2.24) is 5.32 Å². The predicted molar refractivity (Wildman–Crippen MR) is 111 cm³/mol. The number of hydrogen-bond acceptors (Lipinski definition) is 5. The molecule has 0 aliphatic heterocycles. The highest BCUT2D eigenvalue weighted by Gasteiger charge is 2.23. The number of nitrogens with one attached hydrogen (secondary N) is 1. The van der Waals surface area contributed by atoms with Crippen LogP contribution >= 0.6 is 0 Å². The number of hydrogen-bond donors (Lipinski definition) is 1. The molecule has 0 fully saturated rings. The summed E-state index contributed by atoms with van der Waals surface area (Å²) in [7, 11) is 0. The summed E-state index contributed by atoms with van der Waals surface area (Å²) in [5, 5.41) is 2.73. The summed E-state index contributed by atoms with van der Waals surface area (Å²) in [5.74, 6) is -0.950. The fraction of sp³-hybridized carbons (Fsp3) is 0.864. The van der Waals surface area contributed by atoms with Crippen LogP contribution in [0.4, 0.5) is 0 Å². The van der Waals surface area contributed by atoms with Crippen LogP contribution in [0.25, 0.3) is 0 Å². The number of ether oxygens (including phenoxy) is 2. The topological polar surface area (TPSA) is 81.7 Å². The van der Waals surface area contributed by atoms with Gasteiger partial charge in [-0.1, -0.05) is 53.4 Å². The number of carbonyl (C=O) groups excluding carboxylic acids is 3. The lowest BCUT2D eigenvalue weighted by molar-refractivity contribution is -0.159. The van der Waals surface area contributed by atoms with Crippen molar-refractivity contribution < 1.29 is 23.9 Å². The first-order valence-corrected chi connectivity index (χ1v) is 11.1. The molecule has 1 N–H and O–H groups in total. The van der Waals surface area contributed by atoms with Crippen molar-refractivity contribution in [2.24, 2.45) is 11.8 Å². The third-order valence-corrected chi connectivity index (χ3v) is 4.99. The molecular weight excluding hydrogens is 358 g/mol. The van der Waals surface area contributed by atoms with Crippen LogP contribution in [-0.2, 0) is 23.9 Å². The van der Waals surface area contributed by atoms with Gasteiger partial charge in [0.2, 0.25) is 0 Å². The molecule has 0 aromatic heterocycles. The fourth-order valence-electron chi connectivity index (χ4n) is 2.92. The summed E-state index contributed by atoms with van der Waals surface area (Å²) in [6.45, 7) is 10.4. The van der Waals surface area contributed by atoms with Gasteiger partial charge in [-0.25, -0.2) is 0 Å². The van der Waals surface area contributed by atoms with Crippen LogP contribution in [0.1, 0.15) is 92.4 Å². The van der Waals surface area contributed by atoms with E-state index in [2.05, 4.69) is 19.2 Å². The van der Waals surface area contributed by atoms with E-state index < -0.39 is 6.10 Å². The van der Waals surface area contributed by atoms with Crippen molar-refractivity contribution in [3.8, 4) is 0 Å². The second-order valence-electron chi connectivity index (χ2n) is 7.39. The largest absolute Gasteiger partial charge is 0.465 e. The molecule has 28 heavy (non-hydrogen) atoms. The molecule has 0 radical (unpaired) electrons. The highest BCUT2D eigenvalue weighted by Crippen LogP contribution is 2.16. The number of esters is 2. The lowest BCUT2D eigenvalue weighted by atomic mass is 10.00. The van der Waals surface area contributed by atoms with E-state index >= 15 is 0 Å². The Kier molecular flexibility index (Phi) is 15.4. The first kappa shape index (κ1) is 26.4. The summed E-state index contributed by atoms with van der Waals surface area (Å²) in [5.41, 5.74) is 0. The zero-order valence-corrected chi connectivity index (χ0v) is 18.6. The molecule has 0 rings (SSSR count). The quantitative estimate of drug-likeness (QED) is 0.307. The average Bonchev–Trinajstić information content (AvgIpc) is 2.68. The second-order valence-corrected chi connectivity index (χ2v) is 7.39. The number of amides is 1. The van der Waals surface area contributed by atoms with E-state index in [-0.39, 0.29) is 36.3 Å². The molecule has 0 saturated heterocycles. The molecule has 6 nitrogen and oxygen atoms in total. The third-order valence-electron chi connectivity index (χ3n) is 4.99. The molecular formula is C22H41NO5. The Labute approximate surface area is 171 Å². The minimum absolute atomic E-state index is 0.0341. The van der Waals surface area contributed by atoms with Crippen molar-refractivity contribution in [3.63, 3.8) is 0 Å². The van der Waals surface area contributed by atoms with Gasteiger partial charge < -0.3 is 14.8 Å². The Hall–Kier alpha value is -1.59. The lowest BCUT2D eigenvalue weighted by Crippen LogP contribution is -2.37. The average molecular weight is 400 g/mol. The SMILES string of the molecule is CCCC[C@@H](CC)C(=O)OCCCNC(=O)[C@@H](C)OC(=O)[C@@H](CC)CCCC. The maximum absolute atomic E-state index is 12.2. The summed E-state index contributed by atoms with van der Waals surface area (Å²) in [6, 6.07) is 0. The Morgan fingerprint density at radius 3 is 1.86 bits per heavy atom. The standard InChI is InChI=1S/C22H41NO5/c1-6-10-13-18(8-3)21(25)27-16-12-15-23-20(24)17(5)28-22(26)19(9-4)14-11-7-2/h17-19H,6-16H2,1-5H3,(H,23,24)/t17-,18-,19+/m1/s1. The van der Waals surface area contributed by atoms with Crippen molar-refractivity contribution in [2.45, 2.75) is 98.5 Å². The zero-order chi connectivity index (χ0) is 21.4. The van der Waals surface area contributed by atoms with Gasteiger partial charge in [-0.3, -0.25) is 14.4 Å². The van der Waals surface area contributed by atoms with Crippen LogP contribution in [0.2, 0.25) is 0 Å². The Morgan fingerprint density at radius 1 is 0.821 bits per heavy atom. The summed E-state index contributed by atoms with van der Waals surface area (Å²) >= 11 is 0. The number of unbranched alkanes of at least 4 members (excludes halogenated alkanes) is 2. The molecule has 0 bridgehead atoms. The minimum Gasteiger partial charge on any atom is -0.465 e. The Bertz CT molecular complexity index is 452. The van der Waals surface area contributed by atoms with Gasteiger partial charge in [0.25, 0.3) is 5.91 Å². The van der Waals surface area contributed by atoms with E-state index in [1.54, 1.807) is 6.92 Å². The van der Waals surface area contributed by atoms with E-state index in [1.807, 2.05) is 13.8 Å². The Balaban J connectivity index is 4.07. The van der Waals surface area contributed by atoms with Gasteiger partial charge in [-0.15, -0.1) is 0 Å². The number of carbonyl (C=O) groups is 3. The highest BCUT2D eigenvalue weighted by molar-refractivity contribution is 5.83. The first-order valence-electron chi connectivity index (χ1n) is 11.1. The van der Waals surface area contributed by atoms with Crippen molar-refractivity contribution >= 4 is 17.8 Å². The smallest absolute Gasteiger partial charge is 0.309 e. The summed E-state index contributed by atoms with van der Waals surface area (Å²) < 4.78 is 10.6. The Morgan fingerprint density at radius 2 is 1.36 bits per heavy atom. The summed E-state index contributed by atoms with van der Waals surface area (Å²) in [6.07, 6.45) is 6.98. The second kappa shape index (κ2) is 16.4.